The van der Waals surface area contributed by atoms with E-state index in [9.17, 15) is 9.59 Å². The maximum absolute atomic E-state index is 13.0. The Bertz CT molecular complexity index is 1310. The summed E-state index contributed by atoms with van der Waals surface area (Å²) in [7, 11) is 1.65. The molecule has 0 saturated heterocycles. The number of amides is 2. The number of nitrogens with zero attached hydrogens (tertiary/aromatic N) is 5. The van der Waals surface area contributed by atoms with Gasteiger partial charge in [-0.2, -0.15) is 0 Å². The Kier molecular flexibility index (Phi) is 5.07. The number of fused-ring (bicyclic) bond motifs is 1. The predicted molar refractivity (Wildman–Crippen MR) is 121 cm³/mol. The van der Waals surface area contributed by atoms with E-state index < -0.39 is 0 Å². The van der Waals surface area contributed by atoms with Gasteiger partial charge in [-0.3, -0.25) is 14.0 Å². The lowest BCUT2D eigenvalue weighted by Gasteiger charge is -2.16. The highest BCUT2D eigenvalue weighted by Gasteiger charge is 2.24. The van der Waals surface area contributed by atoms with Crippen molar-refractivity contribution in [3.63, 3.8) is 0 Å². The van der Waals surface area contributed by atoms with E-state index in [1.54, 1.807) is 49.9 Å². The number of aromatic nitrogens is 4. The lowest BCUT2D eigenvalue weighted by molar-refractivity contribution is 0.0949. The third-order valence-electron chi connectivity index (χ3n) is 5.37. The van der Waals surface area contributed by atoms with E-state index in [0.29, 0.717) is 28.1 Å². The number of imidazole rings is 1. The van der Waals surface area contributed by atoms with Crippen molar-refractivity contribution in [2.45, 2.75) is 18.9 Å². The van der Waals surface area contributed by atoms with Crippen LogP contribution in [0.4, 0.5) is 5.69 Å². The summed E-state index contributed by atoms with van der Waals surface area (Å²) in [5.41, 5.74) is 3.76. The molecule has 4 aromatic rings. The summed E-state index contributed by atoms with van der Waals surface area (Å²) < 4.78 is 1.81. The van der Waals surface area contributed by atoms with Gasteiger partial charge in [0.05, 0.1) is 30.0 Å². The third-order valence-corrected chi connectivity index (χ3v) is 5.60. The molecular weight excluding hydrogens is 428 g/mol. The molecule has 0 spiro atoms. The van der Waals surface area contributed by atoms with Gasteiger partial charge in [0.1, 0.15) is 10.8 Å². The third kappa shape index (κ3) is 3.92. The Labute approximate surface area is 188 Å². The van der Waals surface area contributed by atoms with Gasteiger partial charge >= 0.3 is 0 Å². The first-order valence-corrected chi connectivity index (χ1v) is 10.5. The standard InChI is InChI=1S/C23H19ClN6O2/c1-29(17-8-9-20(24)26-10-17)23(32)18-13-30-19(11-27-21(30)12-25-18)14-2-4-15(5-3-14)22(31)28-16-6-7-16/h2-5,8-13,16H,6-7H2,1H3,(H,28,31). The van der Waals surface area contributed by atoms with Gasteiger partial charge in [0.25, 0.3) is 11.8 Å². The van der Waals surface area contributed by atoms with Gasteiger partial charge < -0.3 is 10.2 Å². The first-order valence-electron chi connectivity index (χ1n) is 10.1. The molecule has 1 N–H and O–H groups in total. The molecule has 5 rings (SSSR count). The SMILES string of the molecule is CN(C(=O)c1cn2c(-c3ccc(C(=O)NC4CC4)cc3)cnc2cn1)c1ccc(Cl)nc1. The first kappa shape index (κ1) is 20.1. The Morgan fingerprint density at radius 1 is 1.03 bits per heavy atom. The minimum absolute atomic E-state index is 0.0611. The zero-order valence-corrected chi connectivity index (χ0v) is 18.0. The molecule has 1 aliphatic carbocycles. The quantitative estimate of drug-likeness (QED) is 0.473. The maximum Gasteiger partial charge on any atom is 0.278 e. The Balaban J connectivity index is 1.42. The van der Waals surface area contributed by atoms with Crippen molar-refractivity contribution >= 4 is 34.7 Å². The van der Waals surface area contributed by atoms with Crippen molar-refractivity contribution in [3.8, 4) is 11.3 Å². The number of halogens is 1. The van der Waals surface area contributed by atoms with Crippen molar-refractivity contribution in [2.75, 3.05) is 11.9 Å². The van der Waals surface area contributed by atoms with Crippen LogP contribution in [-0.2, 0) is 0 Å². The van der Waals surface area contributed by atoms with Crippen molar-refractivity contribution in [1.29, 1.82) is 0 Å². The Hall–Kier alpha value is -3.78. The van der Waals surface area contributed by atoms with Crippen LogP contribution in [0, 0.1) is 0 Å². The zero-order chi connectivity index (χ0) is 22.2. The van der Waals surface area contributed by atoms with Crippen LogP contribution in [-0.4, -0.2) is 44.3 Å². The van der Waals surface area contributed by atoms with Gasteiger partial charge in [-0.25, -0.2) is 15.0 Å². The second-order valence-electron chi connectivity index (χ2n) is 7.67. The number of nitrogens with one attached hydrogen (secondary N) is 1. The number of hydrogen-bond acceptors (Lipinski definition) is 5. The lowest BCUT2D eigenvalue weighted by Crippen LogP contribution is -2.27. The number of carbonyl (C=O) groups excluding carboxylic acids is 2. The molecule has 2 amide bonds. The van der Waals surface area contributed by atoms with Crippen LogP contribution in [0.3, 0.4) is 0 Å². The minimum atomic E-state index is -0.289. The van der Waals surface area contributed by atoms with Crippen LogP contribution in [0.5, 0.6) is 0 Å². The van der Waals surface area contributed by atoms with E-state index in [1.807, 2.05) is 16.5 Å². The van der Waals surface area contributed by atoms with E-state index >= 15 is 0 Å². The van der Waals surface area contributed by atoms with E-state index in [4.69, 9.17) is 11.6 Å². The first-order chi connectivity index (χ1) is 15.5. The molecule has 3 aromatic heterocycles. The molecule has 0 unspecified atom stereocenters. The number of benzene rings is 1. The van der Waals surface area contributed by atoms with E-state index in [0.717, 1.165) is 24.1 Å². The monoisotopic (exact) mass is 446 g/mol. The number of anilines is 1. The highest BCUT2D eigenvalue weighted by molar-refractivity contribution is 6.29. The minimum Gasteiger partial charge on any atom is -0.349 e. The van der Waals surface area contributed by atoms with Gasteiger partial charge in [-0.1, -0.05) is 23.7 Å². The number of carbonyl (C=O) groups is 2. The highest BCUT2D eigenvalue weighted by atomic mass is 35.5. The lowest BCUT2D eigenvalue weighted by atomic mass is 10.1. The smallest absolute Gasteiger partial charge is 0.278 e. The molecule has 0 aliphatic heterocycles. The Morgan fingerprint density at radius 3 is 2.50 bits per heavy atom. The normalized spacial score (nSPS) is 13.2. The second-order valence-corrected chi connectivity index (χ2v) is 8.06. The van der Waals surface area contributed by atoms with Crippen LogP contribution in [0.1, 0.15) is 33.7 Å². The second kappa shape index (κ2) is 8.05. The molecule has 1 fully saturated rings. The molecule has 0 radical (unpaired) electrons. The van der Waals surface area contributed by atoms with Gasteiger partial charge in [0.2, 0.25) is 0 Å². The summed E-state index contributed by atoms with van der Waals surface area (Å²) in [6.45, 7) is 0. The van der Waals surface area contributed by atoms with Gasteiger partial charge in [0.15, 0.2) is 5.65 Å². The molecule has 9 heteroatoms. The average molecular weight is 447 g/mol. The van der Waals surface area contributed by atoms with E-state index in [-0.39, 0.29) is 17.5 Å². The van der Waals surface area contributed by atoms with Crippen molar-refractivity contribution < 1.29 is 9.59 Å². The summed E-state index contributed by atoms with van der Waals surface area (Å²) in [5, 5.41) is 3.34. The van der Waals surface area contributed by atoms with Gasteiger partial charge in [-0.15, -0.1) is 0 Å². The molecule has 1 saturated carbocycles. The molecule has 0 bridgehead atoms. The summed E-state index contributed by atoms with van der Waals surface area (Å²) >= 11 is 5.83. The fraction of sp³-hybridized carbons (Fsp3) is 0.174. The summed E-state index contributed by atoms with van der Waals surface area (Å²) in [5.74, 6) is -0.350. The maximum atomic E-state index is 13.0. The summed E-state index contributed by atoms with van der Waals surface area (Å²) in [6.07, 6.45) is 8.56. The van der Waals surface area contributed by atoms with E-state index in [2.05, 4.69) is 20.3 Å². The number of pyridine rings is 1. The molecule has 0 atom stereocenters. The largest absolute Gasteiger partial charge is 0.349 e. The van der Waals surface area contributed by atoms with Gasteiger partial charge in [0, 0.05) is 30.4 Å². The van der Waals surface area contributed by atoms with Crippen molar-refractivity contribution in [1.82, 2.24) is 24.7 Å². The van der Waals surface area contributed by atoms with Crippen LogP contribution < -0.4 is 10.2 Å². The van der Waals surface area contributed by atoms with Gasteiger partial charge in [-0.05, 0) is 37.1 Å². The fourth-order valence-corrected chi connectivity index (χ4v) is 3.47. The molecular formula is C23H19ClN6O2. The van der Waals surface area contributed by atoms with Crippen LogP contribution >= 0.6 is 11.6 Å². The van der Waals surface area contributed by atoms with Crippen molar-refractivity contribution in [3.05, 3.63) is 77.6 Å². The zero-order valence-electron chi connectivity index (χ0n) is 17.2. The number of rotatable bonds is 5. The molecule has 160 valence electrons. The fourth-order valence-electron chi connectivity index (χ4n) is 3.36. The number of hydrogen-bond donors (Lipinski definition) is 1. The Morgan fingerprint density at radius 2 is 1.81 bits per heavy atom. The summed E-state index contributed by atoms with van der Waals surface area (Å²) in [4.78, 5) is 39.4. The molecule has 1 aromatic carbocycles. The molecule has 8 nitrogen and oxygen atoms in total. The van der Waals surface area contributed by atoms with Crippen LogP contribution in [0.25, 0.3) is 16.9 Å². The van der Waals surface area contributed by atoms with Crippen LogP contribution in [0.15, 0.2) is 61.2 Å². The molecule has 3 heterocycles. The molecule has 32 heavy (non-hydrogen) atoms. The summed E-state index contributed by atoms with van der Waals surface area (Å²) in [6, 6.07) is 11.0. The van der Waals surface area contributed by atoms with Crippen LogP contribution in [0.2, 0.25) is 5.15 Å². The molecule has 1 aliphatic rings. The topological polar surface area (TPSA) is 92.5 Å². The van der Waals surface area contributed by atoms with Crippen molar-refractivity contribution in [2.24, 2.45) is 0 Å². The predicted octanol–water partition coefficient (Wildman–Crippen LogP) is 3.61. The highest BCUT2D eigenvalue weighted by Crippen LogP contribution is 2.23. The average Bonchev–Trinajstić information content (AvgIpc) is 3.53. The van der Waals surface area contributed by atoms with E-state index in [1.165, 1.54) is 11.1 Å².